The molecule has 1 N–H and O–H groups in total. The zero-order chi connectivity index (χ0) is 28.9. The molecule has 1 aromatic carbocycles. The van der Waals surface area contributed by atoms with Gasteiger partial charge >= 0.3 is 12.2 Å². The number of carbonyl (C=O) groups excluding carboxylic acids is 2. The van der Waals surface area contributed by atoms with Crippen LogP contribution < -0.4 is 14.8 Å². The predicted molar refractivity (Wildman–Crippen MR) is 147 cm³/mol. The smallest absolute Gasteiger partial charge is 0.493 e. The molecule has 1 rings (SSSR count). The highest BCUT2D eigenvalue weighted by Gasteiger charge is 2.26. The molecular weight excluding hydrogens is 490 g/mol. The number of carbonyl (C=O) groups is 2. The Morgan fingerprint density at radius 2 is 1.58 bits per heavy atom. The molecule has 1 aromatic rings. The Bertz CT molecular complexity index is 857. The monoisotopic (exact) mass is 539 g/mol. The Balaban J connectivity index is 3.02. The summed E-state index contributed by atoms with van der Waals surface area (Å²) in [6, 6.07) is 5.45. The molecule has 0 saturated carbocycles. The van der Waals surface area contributed by atoms with E-state index in [0.29, 0.717) is 31.1 Å². The molecule has 9 nitrogen and oxygen atoms in total. The van der Waals surface area contributed by atoms with Crippen LogP contribution in [0.1, 0.15) is 73.8 Å². The Morgan fingerprint density at radius 1 is 0.921 bits per heavy atom. The first kappa shape index (κ1) is 33.3. The number of amides is 1. The highest BCUT2D eigenvalue weighted by molar-refractivity contribution is 5.68. The maximum atomic E-state index is 12.6. The third-order valence-corrected chi connectivity index (χ3v) is 5.52. The minimum Gasteiger partial charge on any atom is -0.493 e. The molecule has 9 heteroatoms. The SMILES string of the molecule is COCCCOc1cc(C[C@@H](C[C@@H](COC(=O)OC(C)(C)C)NC(=O)OC(C)(C)C)C(C)C)ccc1OC. The molecule has 0 aliphatic rings. The second-order valence-electron chi connectivity index (χ2n) is 11.7. The number of alkyl carbamates (subject to hydrolysis) is 1. The van der Waals surface area contributed by atoms with E-state index in [-0.39, 0.29) is 18.4 Å². The Hall–Kier alpha value is -2.68. The highest BCUT2D eigenvalue weighted by atomic mass is 16.7. The van der Waals surface area contributed by atoms with Gasteiger partial charge in [0, 0.05) is 20.1 Å². The van der Waals surface area contributed by atoms with Crippen molar-refractivity contribution in [3.8, 4) is 11.5 Å². The van der Waals surface area contributed by atoms with E-state index in [1.165, 1.54) is 0 Å². The van der Waals surface area contributed by atoms with Crippen molar-refractivity contribution >= 4 is 12.2 Å². The number of rotatable bonds is 14. The van der Waals surface area contributed by atoms with Gasteiger partial charge in [0.25, 0.3) is 0 Å². The van der Waals surface area contributed by atoms with Gasteiger partial charge in [-0.05, 0) is 83.9 Å². The molecule has 0 saturated heterocycles. The van der Waals surface area contributed by atoms with E-state index >= 15 is 0 Å². The standard InChI is InChI=1S/C29H49NO8/c1-20(2)22(16-21-12-13-24(34-10)25(17-21)35-15-11-14-33-9)18-23(30-26(31)37-28(3,4)5)19-36-27(32)38-29(6,7)8/h12-13,17,20,22-23H,11,14-16,18-19H2,1-10H3,(H,30,31)/t22-,23-/m0/s1. The minimum atomic E-state index is -0.778. The minimum absolute atomic E-state index is 0.0339. The maximum absolute atomic E-state index is 12.6. The van der Waals surface area contributed by atoms with Crippen LogP contribution in [0, 0.1) is 11.8 Å². The fraction of sp³-hybridized carbons (Fsp3) is 0.724. The first-order chi connectivity index (χ1) is 17.6. The fourth-order valence-electron chi connectivity index (χ4n) is 3.70. The summed E-state index contributed by atoms with van der Waals surface area (Å²) >= 11 is 0. The number of ether oxygens (including phenoxy) is 6. The van der Waals surface area contributed by atoms with Crippen LogP contribution in [0.2, 0.25) is 0 Å². The van der Waals surface area contributed by atoms with Crippen LogP contribution in [0.3, 0.4) is 0 Å². The van der Waals surface area contributed by atoms with Crippen LogP contribution >= 0.6 is 0 Å². The third-order valence-electron chi connectivity index (χ3n) is 5.52. The van der Waals surface area contributed by atoms with Crippen molar-refractivity contribution in [2.24, 2.45) is 11.8 Å². The van der Waals surface area contributed by atoms with Crippen molar-refractivity contribution in [2.45, 2.75) is 91.9 Å². The van der Waals surface area contributed by atoms with E-state index in [0.717, 1.165) is 18.4 Å². The molecular formula is C29H49NO8. The van der Waals surface area contributed by atoms with E-state index in [1.807, 2.05) is 18.2 Å². The zero-order valence-electron chi connectivity index (χ0n) is 25.0. The molecule has 0 bridgehead atoms. The number of nitrogens with one attached hydrogen (secondary N) is 1. The normalized spacial score (nSPS) is 13.4. The first-order valence-electron chi connectivity index (χ1n) is 13.3. The molecule has 0 heterocycles. The van der Waals surface area contributed by atoms with Crippen LogP contribution in [0.25, 0.3) is 0 Å². The van der Waals surface area contributed by atoms with Gasteiger partial charge in [-0.1, -0.05) is 19.9 Å². The Kier molecular flexibility index (Phi) is 13.7. The molecule has 218 valence electrons. The van der Waals surface area contributed by atoms with Gasteiger partial charge in [-0.25, -0.2) is 9.59 Å². The lowest BCUT2D eigenvalue weighted by Gasteiger charge is -2.29. The summed E-state index contributed by atoms with van der Waals surface area (Å²) in [5.41, 5.74) is -0.250. The van der Waals surface area contributed by atoms with Gasteiger partial charge in [-0.2, -0.15) is 0 Å². The molecule has 0 radical (unpaired) electrons. The van der Waals surface area contributed by atoms with Gasteiger partial charge in [0.15, 0.2) is 11.5 Å². The van der Waals surface area contributed by atoms with Gasteiger partial charge in [-0.3, -0.25) is 0 Å². The van der Waals surface area contributed by atoms with Crippen molar-refractivity contribution in [1.82, 2.24) is 5.32 Å². The van der Waals surface area contributed by atoms with Crippen LogP contribution in [-0.4, -0.2) is 63.5 Å². The number of benzene rings is 1. The van der Waals surface area contributed by atoms with Gasteiger partial charge in [0.05, 0.1) is 19.8 Å². The largest absolute Gasteiger partial charge is 0.508 e. The fourth-order valence-corrected chi connectivity index (χ4v) is 3.70. The number of hydrogen-bond donors (Lipinski definition) is 1. The van der Waals surface area contributed by atoms with Crippen molar-refractivity contribution < 1.29 is 38.0 Å². The summed E-state index contributed by atoms with van der Waals surface area (Å²) in [6.07, 6.45) is 0.730. The molecule has 0 spiro atoms. The second kappa shape index (κ2) is 15.7. The maximum Gasteiger partial charge on any atom is 0.508 e. The van der Waals surface area contributed by atoms with Crippen LogP contribution in [-0.2, 0) is 25.4 Å². The van der Waals surface area contributed by atoms with Gasteiger partial charge in [0.2, 0.25) is 0 Å². The average Bonchev–Trinajstić information content (AvgIpc) is 2.77. The average molecular weight is 540 g/mol. The Labute approximate surface area is 228 Å². The second-order valence-corrected chi connectivity index (χ2v) is 11.7. The van der Waals surface area contributed by atoms with Gasteiger partial charge < -0.3 is 33.7 Å². The topological polar surface area (TPSA) is 102 Å². The van der Waals surface area contributed by atoms with Crippen LogP contribution in [0.5, 0.6) is 11.5 Å². The van der Waals surface area contributed by atoms with E-state index in [9.17, 15) is 9.59 Å². The summed E-state index contributed by atoms with van der Waals surface area (Å²) in [7, 11) is 3.28. The Morgan fingerprint density at radius 3 is 2.13 bits per heavy atom. The van der Waals surface area contributed by atoms with Gasteiger partial charge in [-0.15, -0.1) is 0 Å². The first-order valence-corrected chi connectivity index (χ1v) is 13.3. The van der Waals surface area contributed by atoms with Crippen molar-refractivity contribution in [3.05, 3.63) is 23.8 Å². The molecule has 0 aliphatic heterocycles. The molecule has 0 unspecified atom stereocenters. The lowest BCUT2D eigenvalue weighted by atomic mass is 9.84. The van der Waals surface area contributed by atoms with Gasteiger partial charge in [0.1, 0.15) is 17.8 Å². The van der Waals surface area contributed by atoms with Crippen LogP contribution in [0.4, 0.5) is 9.59 Å². The van der Waals surface area contributed by atoms with E-state index in [2.05, 4.69) is 19.2 Å². The number of hydrogen-bond acceptors (Lipinski definition) is 8. The zero-order valence-corrected chi connectivity index (χ0v) is 25.0. The molecule has 0 aliphatic carbocycles. The summed E-state index contributed by atoms with van der Waals surface area (Å²) in [5.74, 6) is 1.79. The van der Waals surface area contributed by atoms with Crippen molar-refractivity contribution in [2.75, 3.05) is 34.0 Å². The third kappa shape index (κ3) is 14.3. The summed E-state index contributed by atoms with van der Waals surface area (Å²) in [5, 5.41) is 2.88. The molecule has 0 fully saturated rings. The lowest BCUT2D eigenvalue weighted by molar-refractivity contribution is -0.0133. The van der Waals surface area contributed by atoms with Crippen molar-refractivity contribution in [1.29, 1.82) is 0 Å². The predicted octanol–water partition coefficient (Wildman–Crippen LogP) is 6.16. The van der Waals surface area contributed by atoms with E-state index in [4.69, 9.17) is 28.4 Å². The molecule has 38 heavy (non-hydrogen) atoms. The van der Waals surface area contributed by atoms with Crippen LogP contribution in [0.15, 0.2) is 18.2 Å². The summed E-state index contributed by atoms with van der Waals surface area (Å²) in [6.45, 7) is 16.1. The highest BCUT2D eigenvalue weighted by Crippen LogP contribution is 2.31. The lowest BCUT2D eigenvalue weighted by Crippen LogP contribution is -2.43. The summed E-state index contributed by atoms with van der Waals surface area (Å²) in [4.78, 5) is 24.8. The molecule has 0 aromatic heterocycles. The molecule has 1 amide bonds. The van der Waals surface area contributed by atoms with E-state index < -0.39 is 29.5 Å². The van der Waals surface area contributed by atoms with Crippen molar-refractivity contribution in [3.63, 3.8) is 0 Å². The summed E-state index contributed by atoms with van der Waals surface area (Å²) < 4.78 is 32.6. The quantitative estimate of drug-likeness (QED) is 0.222. The molecule has 2 atom stereocenters. The van der Waals surface area contributed by atoms with E-state index in [1.54, 1.807) is 55.8 Å². The number of methoxy groups -OCH3 is 2.